The second kappa shape index (κ2) is 7.11. The maximum Gasteiger partial charge on any atom is 0.471 e. The summed E-state index contributed by atoms with van der Waals surface area (Å²) < 4.78 is 37.4. The lowest BCUT2D eigenvalue weighted by molar-refractivity contribution is -0.190. The van der Waals surface area contributed by atoms with Gasteiger partial charge in [0.1, 0.15) is 6.04 Å². The van der Waals surface area contributed by atoms with Gasteiger partial charge in [0, 0.05) is 6.54 Å². The van der Waals surface area contributed by atoms with E-state index in [4.69, 9.17) is 10.2 Å². The first kappa shape index (κ1) is 18.2. The van der Waals surface area contributed by atoms with E-state index in [1.54, 1.807) is 13.8 Å². The quantitative estimate of drug-likeness (QED) is 0.740. The zero-order chi connectivity index (χ0) is 16.1. The van der Waals surface area contributed by atoms with Crippen molar-refractivity contribution < 1.29 is 37.8 Å². The summed E-state index contributed by atoms with van der Waals surface area (Å²) >= 11 is 0. The molecule has 0 aromatic heterocycles. The SMILES string of the molecule is CC(C)CC(C(=O)O)N(CCC(=O)O)C(=O)C(F)(F)F. The molecule has 0 spiro atoms. The molecule has 0 saturated heterocycles. The molecule has 1 unspecified atom stereocenters. The maximum atomic E-state index is 12.5. The van der Waals surface area contributed by atoms with Crippen LogP contribution in [0.3, 0.4) is 0 Å². The van der Waals surface area contributed by atoms with Crippen molar-refractivity contribution >= 4 is 17.8 Å². The molecule has 0 aliphatic rings. The number of carboxylic acids is 2. The number of hydrogen-bond acceptors (Lipinski definition) is 3. The first-order chi connectivity index (χ1) is 8.96. The number of amides is 1. The average Bonchev–Trinajstić information content (AvgIpc) is 2.24. The van der Waals surface area contributed by atoms with Gasteiger partial charge in [-0.3, -0.25) is 9.59 Å². The number of halogens is 3. The molecule has 0 fully saturated rings. The summed E-state index contributed by atoms with van der Waals surface area (Å²) in [5.74, 6) is -5.63. The van der Waals surface area contributed by atoms with Gasteiger partial charge in [0.15, 0.2) is 0 Å². The second-order valence-corrected chi connectivity index (χ2v) is 4.62. The Labute approximate surface area is 113 Å². The molecule has 0 aliphatic carbocycles. The standard InChI is InChI=1S/C11H16F3NO5/c1-6(2)5-7(9(18)19)15(4-3-8(16)17)10(20)11(12,13)14/h6-7H,3-5H2,1-2H3,(H,16,17)(H,18,19). The maximum absolute atomic E-state index is 12.5. The largest absolute Gasteiger partial charge is 0.481 e. The summed E-state index contributed by atoms with van der Waals surface area (Å²) in [7, 11) is 0. The van der Waals surface area contributed by atoms with Crippen molar-refractivity contribution in [2.24, 2.45) is 5.92 Å². The van der Waals surface area contributed by atoms with Gasteiger partial charge in [-0.1, -0.05) is 13.8 Å². The zero-order valence-electron chi connectivity index (χ0n) is 11.0. The van der Waals surface area contributed by atoms with Crippen molar-refractivity contribution in [3.63, 3.8) is 0 Å². The average molecular weight is 299 g/mol. The minimum absolute atomic E-state index is 0.0659. The minimum Gasteiger partial charge on any atom is -0.481 e. The minimum atomic E-state index is -5.25. The summed E-state index contributed by atoms with van der Waals surface area (Å²) in [6.07, 6.45) is -6.20. The smallest absolute Gasteiger partial charge is 0.471 e. The van der Waals surface area contributed by atoms with E-state index in [0.29, 0.717) is 0 Å². The van der Waals surface area contributed by atoms with Crippen molar-refractivity contribution in [2.45, 2.75) is 38.9 Å². The van der Waals surface area contributed by atoms with Gasteiger partial charge in [-0.05, 0) is 12.3 Å². The van der Waals surface area contributed by atoms with E-state index in [1.807, 2.05) is 0 Å². The van der Waals surface area contributed by atoms with Crippen LogP contribution in [0, 0.1) is 5.92 Å². The Balaban J connectivity index is 5.29. The van der Waals surface area contributed by atoms with Crippen LogP contribution in [0.2, 0.25) is 0 Å². The van der Waals surface area contributed by atoms with Crippen LogP contribution in [0.4, 0.5) is 13.2 Å². The number of hydrogen-bond donors (Lipinski definition) is 2. The van der Waals surface area contributed by atoms with Crippen molar-refractivity contribution in [3.8, 4) is 0 Å². The fourth-order valence-electron chi connectivity index (χ4n) is 1.59. The van der Waals surface area contributed by atoms with E-state index < -0.39 is 43.0 Å². The van der Waals surface area contributed by atoms with E-state index in [9.17, 15) is 27.6 Å². The van der Waals surface area contributed by atoms with Gasteiger partial charge >= 0.3 is 24.0 Å². The molecule has 0 aromatic rings. The first-order valence-corrected chi connectivity index (χ1v) is 5.79. The monoisotopic (exact) mass is 299 g/mol. The zero-order valence-corrected chi connectivity index (χ0v) is 11.0. The number of carbonyl (C=O) groups is 3. The summed E-state index contributed by atoms with van der Waals surface area (Å²) in [4.78, 5) is 32.8. The van der Waals surface area contributed by atoms with Crippen LogP contribution in [0.5, 0.6) is 0 Å². The van der Waals surface area contributed by atoms with Gasteiger partial charge < -0.3 is 15.1 Å². The molecule has 0 aliphatic heterocycles. The van der Waals surface area contributed by atoms with E-state index in [2.05, 4.69) is 0 Å². The molecule has 6 nitrogen and oxygen atoms in total. The second-order valence-electron chi connectivity index (χ2n) is 4.62. The molecular weight excluding hydrogens is 283 g/mol. The van der Waals surface area contributed by atoms with Crippen LogP contribution >= 0.6 is 0 Å². The fourth-order valence-corrected chi connectivity index (χ4v) is 1.59. The van der Waals surface area contributed by atoms with E-state index in [0.717, 1.165) is 0 Å². The van der Waals surface area contributed by atoms with Crippen LogP contribution in [0.25, 0.3) is 0 Å². The number of nitrogens with zero attached hydrogens (tertiary/aromatic N) is 1. The Morgan fingerprint density at radius 2 is 1.65 bits per heavy atom. The lowest BCUT2D eigenvalue weighted by Gasteiger charge is -2.30. The third-order valence-corrected chi connectivity index (χ3v) is 2.43. The van der Waals surface area contributed by atoms with Crippen LogP contribution in [-0.2, 0) is 14.4 Å². The molecule has 0 heterocycles. The highest BCUT2D eigenvalue weighted by Gasteiger charge is 2.46. The van der Waals surface area contributed by atoms with Gasteiger partial charge in [0.05, 0.1) is 6.42 Å². The van der Waals surface area contributed by atoms with Crippen LogP contribution < -0.4 is 0 Å². The van der Waals surface area contributed by atoms with Gasteiger partial charge in [0.2, 0.25) is 0 Å². The molecule has 0 bridgehead atoms. The molecule has 0 rings (SSSR count). The lowest BCUT2D eigenvalue weighted by Crippen LogP contribution is -2.51. The molecule has 20 heavy (non-hydrogen) atoms. The molecule has 116 valence electrons. The molecule has 9 heteroatoms. The van der Waals surface area contributed by atoms with E-state index in [1.165, 1.54) is 0 Å². The van der Waals surface area contributed by atoms with Gasteiger partial charge in [-0.15, -0.1) is 0 Å². The molecular formula is C11H16F3NO5. The number of carboxylic acid groups (broad SMARTS) is 2. The summed E-state index contributed by atoms with van der Waals surface area (Å²) in [6, 6.07) is -1.71. The fraction of sp³-hybridized carbons (Fsp3) is 0.727. The number of alkyl halides is 3. The summed E-state index contributed by atoms with van der Waals surface area (Å²) in [5, 5.41) is 17.4. The van der Waals surface area contributed by atoms with E-state index in [-0.39, 0.29) is 17.2 Å². The highest BCUT2D eigenvalue weighted by Crippen LogP contribution is 2.23. The molecule has 2 N–H and O–H groups in total. The van der Waals surface area contributed by atoms with Crippen molar-refractivity contribution in [1.82, 2.24) is 4.90 Å². The Morgan fingerprint density at radius 3 is 1.95 bits per heavy atom. The predicted molar refractivity (Wildman–Crippen MR) is 60.9 cm³/mol. The van der Waals surface area contributed by atoms with Crippen LogP contribution in [-0.4, -0.2) is 51.7 Å². The highest BCUT2D eigenvalue weighted by molar-refractivity contribution is 5.87. The molecule has 1 amide bonds. The number of aliphatic carboxylic acids is 2. The Bertz CT molecular complexity index is 381. The van der Waals surface area contributed by atoms with Crippen LogP contribution in [0.15, 0.2) is 0 Å². The van der Waals surface area contributed by atoms with Gasteiger partial charge in [0.25, 0.3) is 0 Å². The number of carbonyl (C=O) groups excluding carboxylic acids is 1. The predicted octanol–water partition coefficient (Wildman–Crippen LogP) is 1.35. The molecule has 0 aromatic carbocycles. The highest BCUT2D eigenvalue weighted by atomic mass is 19.4. The van der Waals surface area contributed by atoms with Crippen LogP contribution in [0.1, 0.15) is 26.7 Å². The Kier molecular flexibility index (Phi) is 6.47. The summed E-state index contributed by atoms with van der Waals surface area (Å²) in [5.41, 5.74) is 0. The summed E-state index contributed by atoms with van der Waals surface area (Å²) in [6.45, 7) is 2.37. The van der Waals surface area contributed by atoms with Crippen molar-refractivity contribution in [2.75, 3.05) is 6.54 Å². The van der Waals surface area contributed by atoms with Gasteiger partial charge in [-0.2, -0.15) is 13.2 Å². The number of rotatable bonds is 7. The third-order valence-electron chi connectivity index (χ3n) is 2.43. The third kappa shape index (κ3) is 5.89. The lowest BCUT2D eigenvalue weighted by atomic mass is 10.0. The normalized spacial score (nSPS) is 13.1. The Hall–Kier alpha value is -1.80. The molecule has 1 atom stereocenters. The van der Waals surface area contributed by atoms with Crippen molar-refractivity contribution in [3.05, 3.63) is 0 Å². The molecule has 0 saturated carbocycles. The van der Waals surface area contributed by atoms with Gasteiger partial charge in [-0.25, -0.2) is 4.79 Å². The Morgan fingerprint density at radius 1 is 1.15 bits per heavy atom. The molecule has 0 radical (unpaired) electrons. The van der Waals surface area contributed by atoms with Crippen molar-refractivity contribution in [1.29, 1.82) is 0 Å². The van der Waals surface area contributed by atoms with E-state index >= 15 is 0 Å². The topological polar surface area (TPSA) is 94.9 Å². The first-order valence-electron chi connectivity index (χ1n) is 5.79.